The molecular weight excluding hydrogens is 276 g/mol. The molecule has 1 fully saturated rings. The SMILES string of the molecule is CC1(c2ccc(-c3nc(C(F)F)no3)cc2)CC1(F)F. The number of nitrogens with zero attached hydrogens (tertiary/aromatic N) is 2. The van der Waals surface area contributed by atoms with E-state index >= 15 is 0 Å². The lowest BCUT2D eigenvalue weighted by molar-refractivity contribution is 0.0920. The summed E-state index contributed by atoms with van der Waals surface area (Å²) >= 11 is 0. The fourth-order valence-corrected chi connectivity index (χ4v) is 2.13. The second kappa shape index (κ2) is 4.04. The van der Waals surface area contributed by atoms with Gasteiger partial charge in [0, 0.05) is 12.0 Å². The van der Waals surface area contributed by atoms with Crippen molar-refractivity contribution in [3.8, 4) is 11.5 Å². The van der Waals surface area contributed by atoms with Gasteiger partial charge in [-0.25, -0.2) is 17.6 Å². The van der Waals surface area contributed by atoms with Gasteiger partial charge in [-0.2, -0.15) is 4.98 Å². The van der Waals surface area contributed by atoms with Crippen molar-refractivity contribution in [2.24, 2.45) is 0 Å². The van der Waals surface area contributed by atoms with Crippen molar-refractivity contribution in [1.82, 2.24) is 10.1 Å². The molecule has 0 N–H and O–H groups in total. The van der Waals surface area contributed by atoms with Crippen LogP contribution in [0.4, 0.5) is 17.6 Å². The highest BCUT2D eigenvalue weighted by atomic mass is 19.3. The maximum atomic E-state index is 13.3. The van der Waals surface area contributed by atoms with E-state index in [4.69, 9.17) is 4.52 Å². The fraction of sp³-hybridized carbons (Fsp3) is 0.385. The summed E-state index contributed by atoms with van der Waals surface area (Å²) in [5.74, 6) is -3.44. The lowest BCUT2D eigenvalue weighted by atomic mass is 9.96. The lowest BCUT2D eigenvalue weighted by Crippen LogP contribution is -2.11. The number of benzene rings is 1. The molecule has 1 aromatic carbocycles. The summed E-state index contributed by atoms with van der Waals surface area (Å²) in [7, 11) is 0. The van der Waals surface area contributed by atoms with Crippen LogP contribution < -0.4 is 0 Å². The average molecular weight is 286 g/mol. The molecule has 1 unspecified atom stereocenters. The van der Waals surface area contributed by atoms with E-state index in [1.54, 1.807) is 0 Å². The van der Waals surface area contributed by atoms with E-state index in [9.17, 15) is 17.6 Å². The van der Waals surface area contributed by atoms with Gasteiger partial charge >= 0.3 is 6.43 Å². The maximum absolute atomic E-state index is 13.3. The molecule has 0 radical (unpaired) electrons. The highest BCUT2D eigenvalue weighted by molar-refractivity contribution is 5.54. The van der Waals surface area contributed by atoms with Crippen molar-refractivity contribution in [2.75, 3.05) is 0 Å². The molecule has 3 rings (SSSR count). The van der Waals surface area contributed by atoms with Crippen LogP contribution >= 0.6 is 0 Å². The molecule has 1 aliphatic rings. The standard InChI is InChI=1S/C13H10F4N2O/c1-12(6-13(12,16)17)8-4-2-7(3-5-8)11-18-10(9(14)15)19-20-11/h2-5,9H,6H2,1H3. The third-order valence-corrected chi connectivity index (χ3v) is 3.66. The van der Waals surface area contributed by atoms with E-state index in [2.05, 4.69) is 10.1 Å². The van der Waals surface area contributed by atoms with Crippen molar-refractivity contribution in [3.05, 3.63) is 35.7 Å². The quantitative estimate of drug-likeness (QED) is 0.801. The molecule has 0 aliphatic heterocycles. The summed E-state index contributed by atoms with van der Waals surface area (Å²) in [6.07, 6.45) is -2.99. The second-order valence-corrected chi connectivity index (χ2v) is 5.05. The van der Waals surface area contributed by atoms with E-state index in [0.717, 1.165) is 0 Å². The number of hydrogen-bond acceptors (Lipinski definition) is 3. The normalized spacial score (nSPS) is 24.1. The first-order valence-corrected chi connectivity index (χ1v) is 5.94. The molecule has 1 aliphatic carbocycles. The van der Waals surface area contributed by atoms with Gasteiger partial charge in [0.15, 0.2) is 0 Å². The second-order valence-electron chi connectivity index (χ2n) is 5.05. The van der Waals surface area contributed by atoms with Gasteiger partial charge in [-0.15, -0.1) is 0 Å². The Labute approximate surface area is 111 Å². The van der Waals surface area contributed by atoms with Gasteiger partial charge in [-0.3, -0.25) is 0 Å². The van der Waals surface area contributed by atoms with Crippen LogP contribution in [0.25, 0.3) is 11.5 Å². The third-order valence-electron chi connectivity index (χ3n) is 3.66. The van der Waals surface area contributed by atoms with Crippen LogP contribution in [0.3, 0.4) is 0 Å². The minimum atomic E-state index is -2.81. The number of hydrogen-bond donors (Lipinski definition) is 0. The Morgan fingerprint density at radius 3 is 2.25 bits per heavy atom. The van der Waals surface area contributed by atoms with Gasteiger partial charge in [0.05, 0.1) is 5.41 Å². The van der Waals surface area contributed by atoms with Crippen LogP contribution in [0.1, 0.15) is 31.2 Å². The van der Waals surface area contributed by atoms with Gasteiger partial charge in [-0.05, 0) is 24.6 Å². The summed E-state index contributed by atoms with van der Waals surface area (Å²) in [6.45, 7) is 1.49. The Balaban J connectivity index is 1.86. The largest absolute Gasteiger partial charge is 0.334 e. The molecule has 20 heavy (non-hydrogen) atoms. The molecule has 0 saturated heterocycles. The number of halogens is 4. The molecular formula is C13H10F4N2O. The first kappa shape index (κ1) is 13.1. The molecule has 2 aromatic rings. The van der Waals surface area contributed by atoms with E-state index in [1.807, 2.05) is 0 Å². The van der Waals surface area contributed by atoms with Gasteiger partial charge in [0.25, 0.3) is 11.8 Å². The number of aromatic nitrogens is 2. The zero-order valence-electron chi connectivity index (χ0n) is 10.4. The van der Waals surface area contributed by atoms with E-state index in [1.165, 1.54) is 31.2 Å². The highest BCUT2D eigenvalue weighted by Crippen LogP contribution is 2.61. The summed E-state index contributed by atoms with van der Waals surface area (Å²) in [5.41, 5.74) is -0.227. The van der Waals surface area contributed by atoms with E-state index in [-0.39, 0.29) is 12.3 Å². The Morgan fingerprint density at radius 1 is 1.20 bits per heavy atom. The molecule has 1 atom stereocenters. The molecule has 1 saturated carbocycles. The smallest absolute Gasteiger partial charge is 0.300 e. The van der Waals surface area contributed by atoms with Gasteiger partial charge < -0.3 is 4.52 Å². The molecule has 1 heterocycles. The minimum Gasteiger partial charge on any atom is -0.334 e. The molecule has 7 heteroatoms. The molecule has 3 nitrogen and oxygen atoms in total. The van der Waals surface area contributed by atoms with Crippen LogP contribution in [-0.2, 0) is 5.41 Å². The van der Waals surface area contributed by atoms with E-state index in [0.29, 0.717) is 11.1 Å². The van der Waals surface area contributed by atoms with Crippen molar-refractivity contribution < 1.29 is 22.1 Å². The van der Waals surface area contributed by atoms with E-state index < -0.39 is 23.6 Å². The first-order chi connectivity index (χ1) is 9.33. The predicted octanol–water partition coefficient (Wildman–Crippen LogP) is 3.97. The van der Waals surface area contributed by atoms with Crippen molar-refractivity contribution in [3.63, 3.8) is 0 Å². The van der Waals surface area contributed by atoms with Crippen LogP contribution in [0.5, 0.6) is 0 Å². The lowest BCUT2D eigenvalue weighted by Gasteiger charge is -2.10. The summed E-state index contributed by atoms with van der Waals surface area (Å²) in [4.78, 5) is 3.54. The van der Waals surface area contributed by atoms with Crippen LogP contribution in [0.2, 0.25) is 0 Å². The van der Waals surface area contributed by atoms with Crippen LogP contribution in [0.15, 0.2) is 28.8 Å². The third kappa shape index (κ3) is 1.88. The Hall–Kier alpha value is -1.92. The van der Waals surface area contributed by atoms with Gasteiger partial charge in [0.1, 0.15) is 0 Å². The number of rotatable bonds is 3. The summed E-state index contributed by atoms with van der Waals surface area (Å²) in [6, 6.07) is 6.08. The minimum absolute atomic E-state index is 0.0560. The monoisotopic (exact) mass is 286 g/mol. The highest BCUT2D eigenvalue weighted by Gasteiger charge is 2.68. The van der Waals surface area contributed by atoms with Gasteiger partial charge in [0.2, 0.25) is 5.82 Å². The molecule has 1 aromatic heterocycles. The fourth-order valence-electron chi connectivity index (χ4n) is 2.13. The molecule has 0 spiro atoms. The van der Waals surface area contributed by atoms with Crippen molar-refractivity contribution in [1.29, 1.82) is 0 Å². The Kier molecular flexibility index (Phi) is 2.64. The Morgan fingerprint density at radius 2 is 1.80 bits per heavy atom. The zero-order chi connectivity index (χ0) is 14.5. The summed E-state index contributed by atoms with van der Waals surface area (Å²) < 4.78 is 55.9. The Bertz CT molecular complexity index is 638. The first-order valence-electron chi connectivity index (χ1n) is 5.94. The number of alkyl halides is 4. The van der Waals surface area contributed by atoms with Crippen molar-refractivity contribution >= 4 is 0 Å². The average Bonchev–Trinajstić information content (AvgIpc) is 2.81. The summed E-state index contributed by atoms with van der Waals surface area (Å²) in [5, 5.41) is 3.14. The van der Waals surface area contributed by atoms with Crippen molar-refractivity contribution in [2.45, 2.75) is 31.1 Å². The maximum Gasteiger partial charge on any atom is 0.300 e. The van der Waals surface area contributed by atoms with Crippen LogP contribution in [-0.4, -0.2) is 16.1 Å². The zero-order valence-corrected chi connectivity index (χ0v) is 10.4. The molecule has 106 valence electrons. The van der Waals surface area contributed by atoms with Gasteiger partial charge in [-0.1, -0.05) is 17.3 Å². The molecule has 0 bridgehead atoms. The molecule has 0 amide bonds. The predicted molar refractivity (Wildman–Crippen MR) is 61.6 cm³/mol. The topological polar surface area (TPSA) is 38.9 Å². The van der Waals surface area contributed by atoms with Crippen LogP contribution in [0, 0.1) is 0 Å².